The molecule has 0 saturated heterocycles. The number of nitrogens with zero attached hydrogens (tertiary/aromatic N) is 1. The van der Waals surface area contributed by atoms with Crippen LogP contribution in [0.4, 0.5) is 0 Å². The molecule has 0 spiro atoms. The van der Waals surface area contributed by atoms with E-state index in [4.69, 9.17) is 12.2 Å². The van der Waals surface area contributed by atoms with Crippen molar-refractivity contribution in [3.8, 4) is 0 Å². The van der Waals surface area contributed by atoms with E-state index < -0.39 is 0 Å². The van der Waals surface area contributed by atoms with Crippen LogP contribution >= 0.6 is 23.6 Å². The fourth-order valence-electron chi connectivity index (χ4n) is 1.59. The molecule has 17 heavy (non-hydrogen) atoms. The largest absolute Gasteiger partial charge is 0.322 e. The third kappa shape index (κ3) is 1.91. The van der Waals surface area contributed by atoms with Crippen LogP contribution in [0.15, 0.2) is 4.79 Å². The quantitative estimate of drug-likeness (QED) is 0.776. The maximum Gasteiger partial charge on any atom is 0.282 e. The van der Waals surface area contributed by atoms with E-state index in [0.717, 1.165) is 19.9 Å². The Morgan fingerprint density at radius 3 is 2.71 bits per heavy atom. The van der Waals surface area contributed by atoms with Crippen molar-refractivity contribution < 1.29 is 4.79 Å². The highest BCUT2D eigenvalue weighted by Crippen LogP contribution is 2.25. The SMILES string of the molecule is CC(=O)Nn1c(=S)[nH]c2sc(C)c(C)c2c1=O. The Bertz CT molecular complexity index is 723. The molecule has 2 aromatic rings. The lowest BCUT2D eigenvalue weighted by molar-refractivity contribution is -0.115. The third-order valence-corrected chi connectivity index (χ3v) is 3.90. The minimum atomic E-state index is -0.337. The predicted octanol–water partition coefficient (Wildman–Crippen LogP) is 1.83. The second-order valence-corrected chi connectivity index (χ2v) is 5.34. The first-order valence-electron chi connectivity index (χ1n) is 4.94. The molecule has 2 N–H and O–H groups in total. The number of carbonyl (C=O) groups excluding carboxylic acids is 1. The number of H-pyrrole nitrogens is 1. The standard InChI is InChI=1S/C10H11N3O2S2/c1-4-5(2)17-8-7(4)9(15)13(10(16)11-8)12-6(3)14/h1-3H3,(H,11,16)(H,12,14). The molecular weight excluding hydrogens is 258 g/mol. The van der Waals surface area contributed by atoms with Gasteiger partial charge in [-0.25, -0.2) is 0 Å². The number of amides is 1. The van der Waals surface area contributed by atoms with Gasteiger partial charge in [0.1, 0.15) is 4.83 Å². The number of nitrogens with one attached hydrogen (secondary N) is 2. The van der Waals surface area contributed by atoms with E-state index in [2.05, 4.69) is 10.4 Å². The summed E-state index contributed by atoms with van der Waals surface area (Å²) >= 11 is 6.52. The van der Waals surface area contributed by atoms with E-state index in [9.17, 15) is 9.59 Å². The van der Waals surface area contributed by atoms with Crippen LogP contribution in [-0.4, -0.2) is 15.6 Å². The van der Waals surface area contributed by atoms with Crippen LogP contribution in [0.5, 0.6) is 0 Å². The molecule has 0 bridgehead atoms. The zero-order valence-corrected chi connectivity index (χ0v) is 11.2. The molecular formula is C10H11N3O2S2. The summed E-state index contributed by atoms with van der Waals surface area (Å²) in [7, 11) is 0. The number of aromatic amines is 1. The number of fused-ring (bicyclic) bond motifs is 1. The van der Waals surface area contributed by atoms with Crippen molar-refractivity contribution in [2.24, 2.45) is 0 Å². The van der Waals surface area contributed by atoms with Gasteiger partial charge in [-0.2, -0.15) is 4.68 Å². The summed E-state index contributed by atoms with van der Waals surface area (Å²) < 4.78 is 1.26. The molecule has 1 amide bonds. The number of carbonyl (C=O) groups is 1. The van der Waals surface area contributed by atoms with Crippen LogP contribution in [0.25, 0.3) is 10.2 Å². The Balaban J connectivity index is 2.88. The van der Waals surface area contributed by atoms with E-state index in [1.807, 2.05) is 13.8 Å². The lowest BCUT2D eigenvalue weighted by atomic mass is 10.2. The van der Waals surface area contributed by atoms with Crippen molar-refractivity contribution >= 4 is 39.7 Å². The molecule has 90 valence electrons. The summed E-state index contributed by atoms with van der Waals surface area (Å²) in [6.45, 7) is 5.15. The van der Waals surface area contributed by atoms with E-state index in [-0.39, 0.29) is 16.2 Å². The minimum Gasteiger partial charge on any atom is -0.322 e. The van der Waals surface area contributed by atoms with Crippen molar-refractivity contribution in [2.75, 3.05) is 5.43 Å². The second-order valence-electron chi connectivity index (χ2n) is 3.73. The zero-order chi connectivity index (χ0) is 12.7. The highest BCUT2D eigenvalue weighted by Gasteiger charge is 2.13. The molecule has 5 nitrogen and oxygen atoms in total. The van der Waals surface area contributed by atoms with Gasteiger partial charge in [-0.1, -0.05) is 0 Å². The number of aryl methyl sites for hydroxylation is 2. The van der Waals surface area contributed by atoms with Gasteiger partial charge in [0.15, 0.2) is 0 Å². The monoisotopic (exact) mass is 269 g/mol. The van der Waals surface area contributed by atoms with E-state index in [1.165, 1.54) is 18.3 Å². The number of thiophene rings is 1. The maximum atomic E-state index is 12.2. The molecule has 2 heterocycles. The van der Waals surface area contributed by atoms with Crippen LogP contribution in [0.3, 0.4) is 0 Å². The average Bonchev–Trinajstić information content (AvgIpc) is 2.49. The molecule has 2 aromatic heterocycles. The maximum absolute atomic E-state index is 12.2. The number of hydrogen-bond acceptors (Lipinski definition) is 4. The molecule has 0 aliphatic rings. The van der Waals surface area contributed by atoms with Crippen LogP contribution in [0.1, 0.15) is 17.4 Å². The fraction of sp³-hybridized carbons (Fsp3) is 0.300. The van der Waals surface area contributed by atoms with Crippen molar-refractivity contribution in [3.05, 3.63) is 25.6 Å². The Hall–Kier alpha value is -1.47. The minimum absolute atomic E-state index is 0.193. The number of rotatable bonds is 1. The van der Waals surface area contributed by atoms with Crippen molar-refractivity contribution in [1.29, 1.82) is 0 Å². The van der Waals surface area contributed by atoms with Gasteiger partial charge in [-0.05, 0) is 31.6 Å². The third-order valence-electron chi connectivity index (χ3n) is 2.50. The molecule has 0 aromatic carbocycles. The zero-order valence-electron chi connectivity index (χ0n) is 9.58. The van der Waals surface area contributed by atoms with E-state index in [0.29, 0.717) is 5.39 Å². The molecule has 0 aliphatic heterocycles. The summed E-state index contributed by atoms with van der Waals surface area (Å²) in [4.78, 5) is 28.0. The van der Waals surface area contributed by atoms with Gasteiger partial charge in [0, 0.05) is 11.8 Å². The van der Waals surface area contributed by atoms with Crippen LogP contribution in [0.2, 0.25) is 0 Å². The Labute approximate surface area is 106 Å². The molecule has 7 heteroatoms. The Kier molecular flexibility index (Phi) is 2.88. The highest BCUT2D eigenvalue weighted by molar-refractivity contribution is 7.71. The molecule has 0 aliphatic carbocycles. The summed E-state index contributed by atoms with van der Waals surface area (Å²) in [6.07, 6.45) is 0. The van der Waals surface area contributed by atoms with Gasteiger partial charge in [-0.3, -0.25) is 15.0 Å². The number of aromatic nitrogens is 2. The molecule has 0 atom stereocenters. The van der Waals surface area contributed by atoms with Gasteiger partial charge in [0.2, 0.25) is 10.7 Å². The molecule has 0 unspecified atom stereocenters. The molecule has 0 fully saturated rings. The lowest BCUT2D eigenvalue weighted by Crippen LogP contribution is -2.33. The summed E-state index contributed by atoms with van der Waals surface area (Å²) in [6, 6.07) is 0. The summed E-state index contributed by atoms with van der Waals surface area (Å²) in [5, 5.41) is 0.579. The topological polar surface area (TPSA) is 66.9 Å². The van der Waals surface area contributed by atoms with Gasteiger partial charge < -0.3 is 4.98 Å². The van der Waals surface area contributed by atoms with Gasteiger partial charge in [-0.15, -0.1) is 11.3 Å². The summed E-state index contributed by atoms with van der Waals surface area (Å²) in [5.41, 5.74) is 3.03. The molecule has 2 rings (SSSR count). The Morgan fingerprint density at radius 2 is 2.12 bits per heavy atom. The molecule has 0 radical (unpaired) electrons. The van der Waals surface area contributed by atoms with Crippen LogP contribution in [-0.2, 0) is 4.79 Å². The van der Waals surface area contributed by atoms with Crippen molar-refractivity contribution in [1.82, 2.24) is 9.66 Å². The van der Waals surface area contributed by atoms with Gasteiger partial charge >= 0.3 is 0 Å². The van der Waals surface area contributed by atoms with Crippen molar-refractivity contribution in [2.45, 2.75) is 20.8 Å². The normalized spacial score (nSPS) is 10.8. The van der Waals surface area contributed by atoms with E-state index in [1.54, 1.807) is 0 Å². The lowest BCUT2D eigenvalue weighted by Gasteiger charge is -2.05. The van der Waals surface area contributed by atoms with E-state index >= 15 is 0 Å². The first-order valence-corrected chi connectivity index (χ1v) is 6.17. The molecule has 0 saturated carbocycles. The fourth-order valence-corrected chi connectivity index (χ4v) is 2.94. The van der Waals surface area contributed by atoms with Crippen molar-refractivity contribution in [3.63, 3.8) is 0 Å². The average molecular weight is 269 g/mol. The van der Waals surface area contributed by atoms with Crippen LogP contribution in [0, 0.1) is 18.6 Å². The van der Waals surface area contributed by atoms with Gasteiger partial charge in [0.05, 0.1) is 5.39 Å². The smallest absolute Gasteiger partial charge is 0.282 e. The highest BCUT2D eigenvalue weighted by atomic mass is 32.1. The first kappa shape index (κ1) is 12.0. The first-order chi connectivity index (χ1) is 7.91. The predicted molar refractivity (Wildman–Crippen MR) is 70.8 cm³/mol. The second kappa shape index (κ2) is 4.08. The van der Waals surface area contributed by atoms with Gasteiger partial charge in [0.25, 0.3) is 5.56 Å². The number of hydrogen-bond donors (Lipinski definition) is 2. The Morgan fingerprint density at radius 1 is 1.47 bits per heavy atom. The summed E-state index contributed by atoms with van der Waals surface area (Å²) in [5.74, 6) is -0.337. The van der Waals surface area contributed by atoms with Crippen LogP contribution < -0.4 is 11.0 Å².